The highest BCUT2D eigenvalue weighted by molar-refractivity contribution is 14.1. The molecule has 0 spiro atoms. The predicted molar refractivity (Wildman–Crippen MR) is 145 cm³/mol. The Morgan fingerprint density at radius 2 is 1.74 bits per heavy atom. The van der Waals surface area contributed by atoms with Crippen molar-refractivity contribution in [3.63, 3.8) is 0 Å². The molecule has 1 atom stereocenters. The second-order valence-electron chi connectivity index (χ2n) is 8.03. The molecule has 1 unspecified atom stereocenters. The van der Waals surface area contributed by atoms with Crippen LogP contribution in [0.2, 0.25) is 0 Å². The number of aromatic nitrogens is 1. The zero-order chi connectivity index (χ0) is 24.6. The fourth-order valence-electron chi connectivity index (χ4n) is 3.69. The third-order valence-electron chi connectivity index (χ3n) is 5.57. The molecule has 1 N–H and O–H groups in total. The number of rotatable bonds is 10. The Hall–Kier alpha value is -3.33. The van der Waals surface area contributed by atoms with Gasteiger partial charge in [0.1, 0.15) is 17.6 Å². The van der Waals surface area contributed by atoms with Crippen LogP contribution in [0.25, 0.3) is 11.5 Å². The molecule has 0 aliphatic rings. The van der Waals surface area contributed by atoms with Gasteiger partial charge < -0.3 is 19.2 Å². The SMILES string of the molecule is COC(=O)C(Cc1ccc(OCCc2nc(-c3ccccc3)oc2C)cc1)Nc1ccccc1I. The zero-order valence-corrected chi connectivity index (χ0v) is 21.8. The molecular formula is C28H27IN2O4. The van der Waals surface area contributed by atoms with Crippen LogP contribution >= 0.6 is 22.6 Å². The number of anilines is 1. The van der Waals surface area contributed by atoms with E-state index in [9.17, 15) is 4.79 Å². The van der Waals surface area contributed by atoms with Gasteiger partial charge >= 0.3 is 5.97 Å². The number of halogens is 1. The summed E-state index contributed by atoms with van der Waals surface area (Å²) in [7, 11) is 1.41. The van der Waals surface area contributed by atoms with E-state index in [-0.39, 0.29) is 5.97 Å². The highest BCUT2D eigenvalue weighted by atomic mass is 127. The Morgan fingerprint density at radius 1 is 1.03 bits per heavy atom. The molecule has 7 heteroatoms. The van der Waals surface area contributed by atoms with Crippen molar-refractivity contribution in [2.45, 2.75) is 25.8 Å². The first-order chi connectivity index (χ1) is 17.0. The molecule has 0 aliphatic heterocycles. The Kier molecular flexibility index (Phi) is 8.41. The molecule has 180 valence electrons. The largest absolute Gasteiger partial charge is 0.493 e. The van der Waals surface area contributed by atoms with Crippen LogP contribution in [0.15, 0.2) is 83.3 Å². The van der Waals surface area contributed by atoms with Crippen molar-refractivity contribution in [1.82, 2.24) is 4.98 Å². The molecule has 0 fully saturated rings. The van der Waals surface area contributed by atoms with Crippen LogP contribution in [0.5, 0.6) is 5.75 Å². The maximum atomic E-state index is 12.4. The van der Waals surface area contributed by atoms with Crippen molar-refractivity contribution in [3.05, 3.63) is 99.5 Å². The summed E-state index contributed by atoms with van der Waals surface area (Å²) in [6.07, 6.45) is 1.15. The maximum absolute atomic E-state index is 12.4. The lowest BCUT2D eigenvalue weighted by Gasteiger charge is -2.19. The number of nitrogens with one attached hydrogen (secondary N) is 1. The van der Waals surface area contributed by atoms with E-state index in [2.05, 4.69) is 32.9 Å². The molecule has 4 aromatic rings. The van der Waals surface area contributed by atoms with E-state index in [4.69, 9.17) is 13.9 Å². The summed E-state index contributed by atoms with van der Waals surface area (Å²) in [4.78, 5) is 17.0. The molecule has 0 bridgehead atoms. The average molecular weight is 582 g/mol. The number of benzene rings is 3. The fourth-order valence-corrected chi connectivity index (χ4v) is 4.23. The average Bonchev–Trinajstić information content (AvgIpc) is 3.26. The number of methoxy groups -OCH3 is 1. The number of carbonyl (C=O) groups excluding carboxylic acids is 1. The molecule has 4 rings (SSSR count). The minimum absolute atomic E-state index is 0.303. The van der Waals surface area contributed by atoms with Gasteiger partial charge in [0, 0.05) is 27.7 Å². The lowest BCUT2D eigenvalue weighted by Crippen LogP contribution is -2.33. The van der Waals surface area contributed by atoms with Gasteiger partial charge in [0.25, 0.3) is 0 Å². The van der Waals surface area contributed by atoms with Gasteiger partial charge in [0.15, 0.2) is 0 Å². The first kappa shape index (κ1) is 24.8. The molecule has 0 saturated heterocycles. The van der Waals surface area contributed by atoms with Gasteiger partial charge in [-0.2, -0.15) is 0 Å². The first-order valence-corrected chi connectivity index (χ1v) is 12.4. The van der Waals surface area contributed by atoms with Gasteiger partial charge in [-0.3, -0.25) is 0 Å². The summed E-state index contributed by atoms with van der Waals surface area (Å²) in [5.74, 6) is 1.89. The molecule has 0 aliphatic carbocycles. The predicted octanol–water partition coefficient (Wildman–Crippen LogP) is 6.07. The summed E-state index contributed by atoms with van der Waals surface area (Å²) in [6.45, 7) is 2.41. The quantitative estimate of drug-likeness (QED) is 0.181. The number of oxazole rings is 1. The van der Waals surface area contributed by atoms with E-state index >= 15 is 0 Å². The molecular weight excluding hydrogens is 555 g/mol. The number of hydrogen-bond donors (Lipinski definition) is 1. The summed E-state index contributed by atoms with van der Waals surface area (Å²) >= 11 is 2.25. The van der Waals surface area contributed by atoms with Crippen LogP contribution in [0.1, 0.15) is 17.0 Å². The molecule has 3 aromatic carbocycles. The second-order valence-corrected chi connectivity index (χ2v) is 9.20. The monoisotopic (exact) mass is 582 g/mol. The highest BCUT2D eigenvalue weighted by Crippen LogP contribution is 2.23. The molecule has 0 amide bonds. The third kappa shape index (κ3) is 6.63. The topological polar surface area (TPSA) is 73.6 Å². The van der Waals surface area contributed by atoms with Crippen LogP contribution in [-0.4, -0.2) is 30.7 Å². The summed E-state index contributed by atoms with van der Waals surface area (Å²) in [5, 5.41) is 3.30. The minimum Gasteiger partial charge on any atom is -0.493 e. The number of carbonyl (C=O) groups is 1. The van der Waals surface area contributed by atoms with E-state index in [1.165, 1.54) is 7.11 Å². The Bertz CT molecular complexity index is 1260. The number of nitrogens with zero attached hydrogens (tertiary/aromatic N) is 1. The molecule has 1 heterocycles. The standard InChI is InChI=1S/C28H27IN2O4/c1-19-24(31-27(35-19)21-8-4-3-5-9-21)16-17-34-22-14-12-20(13-15-22)18-26(28(32)33-2)30-25-11-7-6-10-23(25)29/h3-15,26,30H,16-18H2,1-2H3. The van der Waals surface area contributed by atoms with Gasteiger partial charge in [-0.1, -0.05) is 42.5 Å². The van der Waals surface area contributed by atoms with Crippen molar-refractivity contribution in [2.24, 2.45) is 0 Å². The maximum Gasteiger partial charge on any atom is 0.328 e. The summed E-state index contributed by atoms with van der Waals surface area (Å²) in [6, 6.07) is 25.0. The zero-order valence-electron chi connectivity index (χ0n) is 19.7. The molecule has 0 saturated carbocycles. The van der Waals surface area contributed by atoms with Gasteiger partial charge in [-0.05, 0) is 71.5 Å². The first-order valence-electron chi connectivity index (χ1n) is 11.4. The van der Waals surface area contributed by atoms with Gasteiger partial charge in [-0.15, -0.1) is 0 Å². The Morgan fingerprint density at radius 3 is 2.46 bits per heavy atom. The van der Waals surface area contributed by atoms with Crippen molar-refractivity contribution in [3.8, 4) is 17.2 Å². The van der Waals surface area contributed by atoms with E-state index < -0.39 is 6.04 Å². The lowest BCUT2D eigenvalue weighted by atomic mass is 10.1. The molecule has 35 heavy (non-hydrogen) atoms. The van der Waals surface area contributed by atoms with E-state index in [0.717, 1.165) is 37.6 Å². The number of aryl methyl sites for hydroxylation is 1. The molecule has 6 nitrogen and oxygen atoms in total. The number of para-hydroxylation sites is 1. The summed E-state index contributed by atoms with van der Waals surface area (Å²) in [5.41, 5.74) is 3.76. The number of ether oxygens (including phenoxy) is 2. The van der Waals surface area contributed by atoms with Crippen LogP contribution in [0.4, 0.5) is 5.69 Å². The highest BCUT2D eigenvalue weighted by Gasteiger charge is 2.20. The van der Waals surface area contributed by atoms with Crippen molar-refractivity contribution >= 4 is 34.2 Å². The van der Waals surface area contributed by atoms with Gasteiger partial charge in [-0.25, -0.2) is 9.78 Å². The Labute approximate surface area is 218 Å². The van der Waals surface area contributed by atoms with Crippen molar-refractivity contribution in [1.29, 1.82) is 0 Å². The third-order valence-corrected chi connectivity index (χ3v) is 6.51. The molecule has 0 radical (unpaired) electrons. The van der Waals surface area contributed by atoms with E-state index in [1.54, 1.807) is 0 Å². The fraction of sp³-hybridized carbons (Fsp3) is 0.214. The number of hydrogen-bond acceptors (Lipinski definition) is 6. The normalized spacial score (nSPS) is 11.6. The Balaban J connectivity index is 1.33. The van der Waals surface area contributed by atoms with E-state index in [1.807, 2.05) is 85.8 Å². The van der Waals surface area contributed by atoms with Crippen molar-refractivity contribution in [2.75, 3.05) is 19.0 Å². The minimum atomic E-state index is -0.489. The molecule has 1 aromatic heterocycles. The van der Waals surface area contributed by atoms with Crippen LogP contribution in [-0.2, 0) is 22.4 Å². The van der Waals surface area contributed by atoms with Crippen LogP contribution in [0, 0.1) is 10.5 Å². The van der Waals surface area contributed by atoms with E-state index in [0.29, 0.717) is 25.3 Å². The lowest BCUT2D eigenvalue weighted by molar-refractivity contribution is -0.141. The summed E-state index contributed by atoms with van der Waals surface area (Å²) < 4.78 is 17.8. The number of esters is 1. The smallest absolute Gasteiger partial charge is 0.328 e. The van der Waals surface area contributed by atoms with Gasteiger partial charge in [0.2, 0.25) is 5.89 Å². The second kappa shape index (κ2) is 11.9. The van der Waals surface area contributed by atoms with Gasteiger partial charge in [0.05, 0.1) is 19.4 Å². The van der Waals surface area contributed by atoms with Crippen molar-refractivity contribution < 1.29 is 18.7 Å². The van der Waals surface area contributed by atoms with Crippen LogP contribution in [0.3, 0.4) is 0 Å². The van der Waals surface area contributed by atoms with Crippen LogP contribution < -0.4 is 10.1 Å².